The van der Waals surface area contributed by atoms with Crippen LogP contribution in [0.3, 0.4) is 0 Å². The fourth-order valence-electron chi connectivity index (χ4n) is 2.06. The fourth-order valence-corrected chi connectivity index (χ4v) is 2.06. The molecule has 0 unspecified atom stereocenters. The number of aromatic nitrogens is 1. The summed E-state index contributed by atoms with van der Waals surface area (Å²) in [6, 6.07) is 5.47. The second-order valence-electron chi connectivity index (χ2n) is 4.54. The van der Waals surface area contributed by atoms with Gasteiger partial charge in [-0.2, -0.15) is 0 Å². The van der Waals surface area contributed by atoms with Crippen LogP contribution >= 0.6 is 0 Å². The minimum Gasteiger partial charge on any atom is -0.491 e. The Hall–Kier alpha value is -2.34. The Morgan fingerprint density at radius 3 is 3.15 bits per heavy atom. The molecular weight excluding hydrogens is 258 g/mol. The average Bonchev–Trinajstić information content (AvgIpc) is 2.81. The molecule has 0 spiro atoms. The topological polar surface area (TPSA) is 90.4 Å². The number of amides is 1. The first-order chi connectivity index (χ1) is 9.76. The highest BCUT2D eigenvalue weighted by atomic mass is 16.5. The lowest BCUT2D eigenvalue weighted by atomic mass is 10.2. The van der Waals surface area contributed by atoms with Crippen molar-refractivity contribution in [3.63, 3.8) is 0 Å². The summed E-state index contributed by atoms with van der Waals surface area (Å²) in [4.78, 5) is 15.9. The van der Waals surface area contributed by atoms with E-state index in [0.29, 0.717) is 43.3 Å². The molecule has 1 aliphatic rings. The number of rotatable bonds is 3. The van der Waals surface area contributed by atoms with Crippen molar-refractivity contribution in [2.45, 2.75) is 12.8 Å². The van der Waals surface area contributed by atoms with Gasteiger partial charge >= 0.3 is 0 Å². The Labute approximate surface area is 115 Å². The number of nitrogens with two attached hydrogens (primary N) is 1. The largest absolute Gasteiger partial charge is 0.491 e. The van der Waals surface area contributed by atoms with E-state index >= 15 is 0 Å². The van der Waals surface area contributed by atoms with Crippen LogP contribution in [0.5, 0.6) is 5.75 Å². The number of ether oxygens (including phenoxy) is 1. The van der Waals surface area contributed by atoms with Crippen molar-refractivity contribution in [2.75, 3.05) is 18.5 Å². The highest BCUT2D eigenvalue weighted by Crippen LogP contribution is 2.32. The monoisotopic (exact) mass is 273 g/mol. The van der Waals surface area contributed by atoms with Gasteiger partial charge < -0.3 is 20.2 Å². The molecule has 0 fully saturated rings. The maximum absolute atomic E-state index is 11.5. The van der Waals surface area contributed by atoms with Crippen LogP contribution in [0.15, 0.2) is 28.9 Å². The molecule has 20 heavy (non-hydrogen) atoms. The summed E-state index contributed by atoms with van der Waals surface area (Å²) in [5.74, 6) is 1.11. The molecule has 2 aromatic rings. The second kappa shape index (κ2) is 5.34. The number of benzene rings is 1. The Kier molecular flexibility index (Phi) is 3.39. The van der Waals surface area contributed by atoms with E-state index in [2.05, 4.69) is 10.3 Å². The van der Waals surface area contributed by atoms with Gasteiger partial charge in [-0.3, -0.25) is 4.79 Å². The van der Waals surface area contributed by atoms with Crippen molar-refractivity contribution < 1.29 is 13.9 Å². The summed E-state index contributed by atoms with van der Waals surface area (Å²) in [6.07, 6.45) is 2.63. The summed E-state index contributed by atoms with van der Waals surface area (Å²) in [7, 11) is 0. The number of nitrogens with one attached hydrogen (secondary N) is 1. The molecule has 0 saturated heterocycles. The van der Waals surface area contributed by atoms with Crippen molar-refractivity contribution in [3.05, 3.63) is 30.2 Å². The van der Waals surface area contributed by atoms with Crippen LogP contribution in [0.2, 0.25) is 0 Å². The Balaban J connectivity index is 1.92. The zero-order valence-corrected chi connectivity index (χ0v) is 10.9. The highest BCUT2D eigenvalue weighted by molar-refractivity contribution is 5.93. The lowest BCUT2D eigenvalue weighted by Crippen LogP contribution is -2.10. The predicted molar refractivity (Wildman–Crippen MR) is 73.4 cm³/mol. The van der Waals surface area contributed by atoms with Gasteiger partial charge in [-0.15, -0.1) is 0 Å². The van der Waals surface area contributed by atoms with E-state index in [9.17, 15) is 4.79 Å². The summed E-state index contributed by atoms with van der Waals surface area (Å²) < 4.78 is 10.9. The second-order valence-corrected chi connectivity index (χ2v) is 4.54. The molecule has 6 nitrogen and oxygen atoms in total. The van der Waals surface area contributed by atoms with Gasteiger partial charge in [0.2, 0.25) is 11.8 Å². The molecule has 2 heterocycles. The molecule has 0 saturated carbocycles. The van der Waals surface area contributed by atoms with Crippen LogP contribution in [0.25, 0.3) is 11.5 Å². The number of hydrogen-bond acceptors (Lipinski definition) is 5. The number of nitrogens with zero attached hydrogens (tertiary/aromatic N) is 1. The average molecular weight is 273 g/mol. The van der Waals surface area contributed by atoms with Crippen molar-refractivity contribution in [3.8, 4) is 17.2 Å². The van der Waals surface area contributed by atoms with E-state index in [1.165, 1.54) is 0 Å². The third-order valence-corrected chi connectivity index (χ3v) is 3.04. The number of carbonyl (C=O) groups excluding carboxylic acids is 1. The van der Waals surface area contributed by atoms with Gasteiger partial charge in [0.15, 0.2) is 0 Å². The standard InChI is InChI=1S/C14H15N3O3/c15-5-3-10-8-20-14(16-10)9-1-2-12-11(7-9)17-13(18)4-6-19-12/h1-2,7-8H,3-6,15H2,(H,17,18). The smallest absolute Gasteiger partial charge is 0.227 e. The van der Waals surface area contributed by atoms with Crippen LogP contribution < -0.4 is 15.8 Å². The van der Waals surface area contributed by atoms with Crippen LogP contribution in [-0.4, -0.2) is 24.0 Å². The molecule has 6 heteroatoms. The van der Waals surface area contributed by atoms with Gasteiger partial charge in [0, 0.05) is 12.0 Å². The first kappa shape index (κ1) is 12.7. The van der Waals surface area contributed by atoms with Gasteiger partial charge in [-0.05, 0) is 24.7 Å². The van der Waals surface area contributed by atoms with Crippen LogP contribution in [0, 0.1) is 0 Å². The van der Waals surface area contributed by atoms with Gasteiger partial charge in [0.25, 0.3) is 0 Å². The third kappa shape index (κ3) is 2.50. The zero-order chi connectivity index (χ0) is 13.9. The maximum Gasteiger partial charge on any atom is 0.227 e. The first-order valence-electron chi connectivity index (χ1n) is 6.48. The van der Waals surface area contributed by atoms with E-state index in [4.69, 9.17) is 14.9 Å². The molecule has 0 atom stereocenters. The number of oxazole rings is 1. The lowest BCUT2D eigenvalue weighted by molar-refractivity contribution is -0.116. The van der Waals surface area contributed by atoms with Crippen LogP contribution in [0.4, 0.5) is 5.69 Å². The molecule has 3 N–H and O–H groups in total. The number of anilines is 1. The summed E-state index contributed by atoms with van der Waals surface area (Å²) in [6.45, 7) is 0.915. The number of hydrogen-bond donors (Lipinski definition) is 2. The molecule has 3 rings (SSSR count). The zero-order valence-electron chi connectivity index (χ0n) is 10.9. The normalized spacial score (nSPS) is 14.2. The van der Waals surface area contributed by atoms with Crippen LogP contribution in [-0.2, 0) is 11.2 Å². The molecule has 104 valence electrons. The minimum absolute atomic E-state index is 0.0582. The molecule has 0 bridgehead atoms. The van der Waals surface area contributed by atoms with Crippen molar-refractivity contribution in [1.29, 1.82) is 0 Å². The summed E-state index contributed by atoms with van der Waals surface area (Å²) >= 11 is 0. The lowest BCUT2D eigenvalue weighted by Gasteiger charge is -2.07. The molecular formula is C14H15N3O3. The van der Waals surface area contributed by atoms with Gasteiger partial charge in [-0.1, -0.05) is 0 Å². The van der Waals surface area contributed by atoms with Gasteiger partial charge in [0.1, 0.15) is 12.0 Å². The molecule has 0 aliphatic carbocycles. The quantitative estimate of drug-likeness (QED) is 0.885. The predicted octanol–water partition coefficient (Wildman–Crippen LogP) is 1.56. The van der Waals surface area contributed by atoms with E-state index in [-0.39, 0.29) is 5.91 Å². The Bertz CT molecular complexity index is 636. The van der Waals surface area contributed by atoms with E-state index in [0.717, 1.165) is 11.3 Å². The van der Waals surface area contributed by atoms with Gasteiger partial charge in [-0.25, -0.2) is 4.98 Å². The summed E-state index contributed by atoms with van der Waals surface area (Å²) in [5.41, 5.74) is 7.74. The molecule has 1 aliphatic heterocycles. The fraction of sp³-hybridized carbons (Fsp3) is 0.286. The van der Waals surface area contributed by atoms with Crippen molar-refractivity contribution in [2.24, 2.45) is 5.73 Å². The van der Waals surface area contributed by atoms with Crippen molar-refractivity contribution in [1.82, 2.24) is 4.98 Å². The summed E-state index contributed by atoms with van der Waals surface area (Å²) in [5, 5.41) is 2.81. The Morgan fingerprint density at radius 1 is 1.40 bits per heavy atom. The van der Waals surface area contributed by atoms with Crippen LogP contribution in [0.1, 0.15) is 12.1 Å². The highest BCUT2D eigenvalue weighted by Gasteiger charge is 2.16. The number of fused-ring (bicyclic) bond motifs is 1. The molecule has 0 radical (unpaired) electrons. The maximum atomic E-state index is 11.5. The van der Waals surface area contributed by atoms with Gasteiger partial charge in [0.05, 0.1) is 24.4 Å². The molecule has 1 aromatic carbocycles. The van der Waals surface area contributed by atoms with E-state index < -0.39 is 0 Å². The van der Waals surface area contributed by atoms with E-state index in [1.807, 2.05) is 12.1 Å². The minimum atomic E-state index is -0.0582. The first-order valence-corrected chi connectivity index (χ1v) is 6.48. The Morgan fingerprint density at radius 2 is 2.30 bits per heavy atom. The third-order valence-electron chi connectivity index (χ3n) is 3.04. The molecule has 1 amide bonds. The number of carbonyl (C=O) groups is 1. The van der Waals surface area contributed by atoms with Crippen molar-refractivity contribution >= 4 is 11.6 Å². The SMILES string of the molecule is NCCc1coc(-c2ccc3c(c2)NC(=O)CCO3)n1. The molecule has 1 aromatic heterocycles. The van der Waals surface area contributed by atoms with E-state index in [1.54, 1.807) is 12.3 Å².